The fourth-order valence-electron chi connectivity index (χ4n) is 5.80. The van der Waals surface area contributed by atoms with Crippen molar-refractivity contribution in [3.8, 4) is 28.5 Å². The van der Waals surface area contributed by atoms with Gasteiger partial charge in [-0.3, -0.25) is 0 Å². The monoisotopic (exact) mass is 555 g/mol. The topological polar surface area (TPSA) is 71.6 Å². The minimum absolute atomic E-state index is 0.187. The number of para-hydroxylation sites is 1. The zero-order valence-corrected chi connectivity index (χ0v) is 23.6. The number of benzene rings is 3. The number of likely N-dealkylation sites (N-methyl/N-ethyl adjacent to an activating group) is 1. The number of aliphatic imine (C=N–C) groups is 1. The Balaban J connectivity index is 1.53. The number of aromatic nitrogens is 2. The summed E-state index contributed by atoms with van der Waals surface area (Å²) in [6, 6.07) is 33.3. The number of rotatable bonds is 4. The van der Waals surface area contributed by atoms with Crippen LogP contribution in [0.4, 0.5) is 11.4 Å². The molecule has 0 bridgehead atoms. The maximum atomic E-state index is 10.1. The van der Waals surface area contributed by atoms with Gasteiger partial charge >= 0.3 is 0 Å². The van der Waals surface area contributed by atoms with Gasteiger partial charge in [-0.05, 0) is 24.7 Å². The summed E-state index contributed by atoms with van der Waals surface area (Å²) in [5.41, 5.74) is 5.91. The molecule has 7 rings (SSSR count). The van der Waals surface area contributed by atoms with Gasteiger partial charge in [0.05, 0.1) is 29.1 Å². The van der Waals surface area contributed by atoms with E-state index in [9.17, 15) is 5.26 Å². The van der Waals surface area contributed by atoms with Crippen molar-refractivity contribution >= 4 is 38.9 Å². The van der Waals surface area contributed by atoms with E-state index in [1.807, 2.05) is 42.5 Å². The molecule has 0 radical (unpaired) electrons. The number of nitrogens with zero attached hydrogens (tertiary/aromatic N) is 7. The third-order valence-corrected chi connectivity index (χ3v) is 9.04. The molecular formula is C33H29N7S. The first kappa shape index (κ1) is 25.4. The van der Waals surface area contributed by atoms with Crippen LogP contribution in [0.25, 0.3) is 32.6 Å². The molecule has 1 unspecified atom stereocenters. The highest BCUT2D eigenvalue weighted by Crippen LogP contribution is 2.52. The van der Waals surface area contributed by atoms with Gasteiger partial charge < -0.3 is 14.7 Å². The van der Waals surface area contributed by atoms with Gasteiger partial charge in [0.25, 0.3) is 0 Å². The van der Waals surface area contributed by atoms with E-state index in [0.717, 1.165) is 81.0 Å². The van der Waals surface area contributed by atoms with Crippen molar-refractivity contribution in [3.63, 3.8) is 0 Å². The second-order valence-corrected chi connectivity index (χ2v) is 11.5. The summed E-state index contributed by atoms with van der Waals surface area (Å²) < 4.78 is 0. The summed E-state index contributed by atoms with van der Waals surface area (Å²) in [5, 5.41) is 20.6. The van der Waals surface area contributed by atoms with E-state index < -0.39 is 0 Å². The van der Waals surface area contributed by atoms with Crippen LogP contribution < -0.4 is 4.90 Å². The van der Waals surface area contributed by atoms with Crippen molar-refractivity contribution in [2.75, 3.05) is 38.1 Å². The number of anilines is 1. The van der Waals surface area contributed by atoms with Gasteiger partial charge in [0.15, 0.2) is 0 Å². The number of hydrogen-bond donors (Lipinski definition) is 0. The maximum absolute atomic E-state index is 10.1. The number of thiophene rings is 1. The summed E-state index contributed by atoms with van der Waals surface area (Å²) in [6.07, 6.45) is 0.334. The Morgan fingerprint density at radius 3 is 2.12 bits per heavy atom. The number of hydrogen-bond acceptors (Lipinski definition) is 8. The average Bonchev–Trinajstić information content (AvgIpc) is 3.41. The standard InChI is InChI=1S/C33H29N7S/c1-38-19-21-39(22-20-38)33-35-30-28-27(23-11-5-2-6-12-23)29(24-13-7-3-8-14-24)36-37-32(28)41-31(30)26(17-18-34)40(33)25-15-9-4-10-16-25/h2-16,26H,17,19-22H2,1H3. The molecule has 4 heterocycles. The molecule has 41 heavy (non-hydrogen) atoms. The van der Waals surface area contributed by atoms with E-state index in [2.05, 4.69) is 76.3 Å². The lowest BCUT2D eigenvalue weighted by molar-refractivity contribution is 0.212. The number of guanidine groups is 1. The molecule has 0 N–H and O–H groups in total. The third-order valence-electron chi connectivity index (χ3n) is 7.87. The molecule has 7 nitrogen and oxygen atoms in total. The van der Waals surface area contributed by atoms with E-state index >= 15 is 0 Å². The minimum Gasteiger partial charge on any atom is -0.340 e. The van der Waals surface area contributed by atoms with E-state index in [1.165, 1.54) is 0 Å². The Labute approximate surface area is 243 Å². The molecule has 1 fully saturated rings. The molecule has 2 aliphatic heterocycles. The number of fused-ring (bicyclic) bond motifs is 3. The molecule has 3 aromatic carbocycles. The number of nitriles is 1. The molecule has 0 saturated carbocycles. The molecule has 202 valence electrons. The Bertz CT molecular complexity index is 1750. The van der Waals surface area contributed by atoms with E-state index in [-0.39, 0.29) is 6.04 Å². The van der Waals surface area contributed by atoms with Crippen LogP contribution in [0.1, 0.15) is 17.3 Å². The average molecular weight is 556 g/mol. The van der Waals surface area contributed by atoms with Gasteiger partial charge in [0.1, 0.15) is 10.5 Å². The number of piperazine rings is 1. The van der Waals surface area contributed by atoms with Gasteiger partial charge in [-0.2, -0.15) is 5.26 Å². The van der Waals surface area contributed by atoms with Gasteiger partial charge in [-0.15, -0.1) is 21.5 Å². The van der Waals surface area contributed by atoms with Gasteiger partial charge in [-0.25, -0.2) is 4.99 Å². The first-order chi connectivity index (χ1) is 20.2. The summed E-state index contributed by atoms with van der Waals surface area (Å²) in [4.78, 5) is 14.4. The van der Waals surface area contributed by atoms with Crippen molar-refractivity contribution in [1.29, 1.82) is 5.26 Å². The van der Waals surface area contributed by atoms with Crippen LogP contribution in [0.5, 0.6) is 0 Å². The minimum atomic E-state index is -0.187. The Hall–Kier alpha value is -4.58. The molecule has 1 atom stereocenters. The summed E-state index contributed by atoms with van der Waals surface area (Å²) >= 11 is 1.61. The lowest BCUT2D eigenvalue weighted by Gasteiger charge is -2.43. The summed E-state index contributed by atoms with van der Waals surface area (Å²) in [7, 11) is 2.16. The molecule has 5 aromatic rings. The largest absolute Gasteiger partial charge is 0.340 e. The van der Waals surface area contributed by atoms with Crippen LogP contribution in [0.15, 0.2) is 96.0 Å². The highest BCUT2D eigenvalue weighted by Gasteiger charge is 2.38. The fraction of sp³-hybridized carbons (Fsp3) is 0.212. The highest BCUT2D eigenvalue weighted by molar-refractivity contribution is 7.19. The Morgan fingerprint density at radius 1 is 0.829 bits per heavy atom. The predicted octanol–water partition coefficient (Wildman–Crippen LogP) is 6.74. The van der Waals surface area contributed by atoms with Crippen LogP contribution in [-0.2, 0) is 0 Å². The molecular weight excluding hydrogens is 526 g/mol. The normalized spacial score (nSPS) is 17.3. The van der Waals surface area contributed by atoms with Crippen molar-refractivity contribution in [3.05, 3.63) is 95.9 Å². The second-order valence-electron chi connectivity index (χ2n) is 10.4. The Morgan fingerprint density at radius 2 is 1.46 bits per heavy atom. The van der Waals surface area contributed by atoms with Gasteiger partial charge in [0, 0.05) is 48.4 Å². The first-order valence-corrected chi connectivity index (χ1v) is 14.7. The maximum Gasteiger partial charge on any atom is 0.207 e. The van der Waals surface area contributed by atoms with Crippen molar-refractivity contribution in [1.82, 2.24) is 20.0 Å². The highest BCUT2D eigenvalue weighted by atomic mass is 32.1. The summed E-state index contributed by atoms with van der Waals surface area (Å²) in [6.45, 7) is 3.66. The lowest BCUT2D eigenvalue weighted by Crippen LogP contribution is -2.54. The van der Waals surface area contributed by atoms with Crippen LogP contribution in [0.3, 0.4) is 0 Å². The second kappa shape index (κ2) is 10.8. The van der Waals surface area contributed by atoms with Crippen LogP contribution >= 0.6 is 11.3 Å². The van der Waals surface area contributed by atoms with Gasteiger partial charge in [0.2, 0.25) is 5.96 Å². The molecule has 1 saturated heterocycles. The SMILES string of the molecule is CN1CCN(C2=Nc3c(sc4nnc(-c5ccccc5)c(-c5ccccc5)c34)C(CC#N)N2c2ccccc2)CC1. The first-order valence-electron chi connectivity index (χ1n) is 13.9. The van der Waals surface area contributed by atoms with Crippen LogP contribution in [0, 0.1) is 11.3 Å². The molecule has 8 heteroatoms. The smallest absolute Gasteiger partial charge is 0.207 e. The van der Waals surface area contributed by atoms with Crippen molar-refractivity contribution in [2.24, 2.45) is 4.99 Å². The molecule has 0 aliphatic carbocycles. The summed E-state index contributed by atoms with van der Waals surface area (Å²) in [5.74, 6) is 0.897. The predicted molar refractivity (Wildman–Crippen MR) is 166 cm³/mol. The quantitative estimate of drug-likeness (QED) is 0.245. The lowest BCUT2D eigenvalue weighted by atomic mass is 9.95. The van der Waals surface area contributed by atoms with Crippen molar-refractivity contribution < 1.29 is 0 Å². The van der Waals surface area contributed by atoms with E-state index in [1.54, 1.807) is 11.3 Å². The Kier molecular flexibility index (Phi) is 6.67. The molecule has 0 amide bonds. The molecule has 2 aromatic heterocycles. The van der Waals surface area contributed by atoms with E-state index in [4.69, 9.17) is 15.2 Å². The van der Waals surface area contributed by atoms with Crippen LogP contribution in [0.2, 0.25) is 0 Å². The zero-order valence-electron chi connectivity index (χ0n) is 22.8. The van der Waals surface area contributed by atoms with Gasteiger partial charge in [-0.1, -0.05) is 78.9 Å². The molecule has 0 spiro atoms. The fourth-order valence-corrected chi connectivity index (χ4v) is 6.96. The van der Waals surface area contributed by atoms with Crippen LogP contribution in [-0.4, -0.2) is 59.2 Å². The molecule has 2 aliphatic rings. The zero-order chi connectivity index (χ0) is 27.8. The third kappa shape index (κ3) is 4.53. The van der Waals surface area contributed by atoms with Crippen molar-refractivity contribution in [2.45, 2.75) is 12.5 Å². The van der Waals surface area contributed by atoms with E-state index in [0.29, 0.717) is 6.42 Å².